The highest BCUT2D eigenvalue weighted by atomic mass is 35.5. The molecule has 2 N–H and O–H groups in total. The van der Waals surface area contributed by atoms with Gasteiger partial charge in [0.2, 0.25) is 0 Å². The Kier molecular flexibility index (Phi) is 6.55. The Balaban J connectivity index is 1.45. The molecule has 0 unspecified atom stereocenters. The van der Waals surface area contributed by atoms with Crippen molar-refractivity contribution < 1.29 is 9.47 Å². The lowest BCUT2D eigenvalue weighted by atomic mass is 10.1. The molecule has 6 nitrogen and oxygen atoms in total. The van der Waals surface area contributed by atoms with Gasteiger partial charge in [-0.05, 0) is 36.2 Å². The molecular weight excluding hydrogens is 352 g/mol. The number of fused-ring (bicyclic) bond motifs is 1. The number of pyridine rings is 1. The second-order valence-electron chi connectivity index (χ2n) is 5.85. The van der Waals surface area contributed by atoms with E-state index in [-0.39, 0.29) is 0 Å². The third-order valence-electron chi connectivity index (χ3n) is 3.99. The molecular formula is C19H23ClN4O2. The molecule has 0 amide bonds. The van der Waals surface area contributed by atoms with Gasteiger partial charge in [0.1, 0.15) is 13.2 Å². The van der Waals surface area contributed by atoms with Gasteiger partial charge in [-0.2, -0.15) is 0 Å². The van der Waals surface area contributed by atoms with Crippen molar-refractivity contribution >= 4 is 17.6 Å². The normalized spacial score (nSPS) is 13.4. The lowest BCUT2D eigenvalue weighted by Gasteiger charge is -2.20. The van der Waals surface area contributed by atoms with E-state index >= 15 is 0 Å². The van der Waals surface area contributed by atoms with Crippen LogP contribution in [0.15, 0.2) is 41.5 Å². The van der Waals surface area contributed by atoms with Crippen molar-refractivity contribution in [3.05, 3.63) is 52.8 Å². The van der Waals surface area contributed by atoms with E-state index < -0.39 is 0 Å². The van der Waals surface area contributed by atoms with Crippen molar-refractivity contribution in [2.75, 3.05) is 33.4 Å². The van der Waals surface area contributed by atoms with E-state index in [0.717, 1.165) is 48.9 Å². The summed E-state index contributed by atoms with van der Waals surface area (Å²) < 4.78 is 11.2. The molecule has 1 aromatic carbocycles. The van der Waals surface area contributed by atoms with Crippen LogP contribution in [0.4, 0.5) is 0 Å². The van der Waals surface area contributed by atoms with Crippen molar-refractivity contribution in [3.8, 4) is 11.5 Å². The molecule has 1 aromatic heterocycles. The molecule has 0 aliphatic carbocycles. The Bertz CT molecular complexity index is 753. The van der Waals surface area contributed by atoms with Crippen LogP contribution in [-0.2, 0) is 12.8 Å². The van der Waals surface area contributed by atoms with Gasteiger partial charge in [-0.25, -0.2) is 0 Å². The van der Waals surface area contributed by atoms with Crippen LogP contribution in [0.2, 0.25) is 5.02 Å². The molecule has 1 aliphatic rings. The number of nitrogens with zero attached hydrogens (tertiary/aromatic N) is 2. The first-order valence-corrected chi connectivity index (χ1v) is 9.06. The fraction of sp³-hybridized carbons (Fsp3) is 0.368. The maximum atomic E-state index is 6.28. The molecule has 2 aromatic rings. The lowest BCUT2D eigenvalue weighted by molar-refractivity contribution is 0.171. The number of ether oxygens (including phenoxy) is 2. The average molecular weight is 375 g/mol. The van der Waals surface area contributed by atoms with Gasteiger partial charge < -0.3 is 20.1 Å². The Hall–Kier alpha value is -2.47. The number of hydrogen-bond acceptors (Lipinski definition) is 4. The third-order valence-corrected chi connectivity index (χ3v) is 4.27. The zero-order valence-electron chi connectivity index (χ0n) is 14.8. The van der Waals surface area contributed by atoms with Gasteiger partial charge in [0, 0.05) is 38.4 Å². The number of benzene rings is 1. The standard InChI is InChI=1S/C19H23ClN4O2/c1-21-19(24-9-6-15-4-2-3-7-22-15)23-8-5-14-12-16(20)18-17(13-14)25-10-11-26-18/h2-4,7,12-13H,5-6,8-11H2,1H3,(H2,21,23,24). The second kappa shape index (κ2) is 9.29. The molecule has 26 heavy (non-hydrogen) atoms. The maximum absolute atomic E-state index is 6.28. The topological polar surface area (TPSA) is 67.8 Å². The number of hydrogen-bond donors (Lipinski definition) is 2. The minimum atomic E-state index is 0.536. The van der Waals surface area contributed by atoms with Crippen LogP contribution in [0.3, 0.4) is 0 Å². The van der Waals surface area contributed by atoms with E-state index in [2.05, 4.69) is 20.6 Å². The first-order chi connectivity index (χ1) is 12.8. The molecule has 0 spiro atoms. The average Bonchev–Trinajstić information content (AvgIpc) is 2.68. The van der Waals surface area contributed by atoms with E-state index in [1.165, 1.54) is 0 Å². The van der Waals surface area contributed by atoms with Crippen LogP contribution in [0, 0.1) is 0 Å². The summed E-state index contributed by atoms with van der Waals surface area (Å²) in [4.78, 5) is 8.55. The van der Waals surface area contributed by atoms with Gasteiger partial charge in [0.15, 0.2) is 17.5 Å². The molecule has 0 atom stereocenters. The van der Waals surface area contributed by atoms with E-state index in [1.807, 2.05) is 30.3 Å². The zero-order valence-corrected chi connectivity index (χ0v) is 15.6. The monoisotopic (exact) mass is 374 g/mol. The number of halogens is 1. The van der Waals surface area contributed by atoms with Crippen molar-refractivity contribution in [3.63, 3.8) is 0 Å². The Morgan fingerprint density at radius 2 is 1.96 bits per heavy atom. The predicted molar refractivity (Wildman–Crippen MR) is 103 cm³/mol. The Morgan fingerprint density at radius 3 is 2.73 bits per heavy atom. The summed E-state index contributed by atoms with van der Waals surface area (Å²) in [5, 5.41) is 7.19. The van der Waals surface area contributed by atoms with Gasteiger partial charge in [0.25, 0.3) is 0 Å². The molecule has 3 rings (SSSR count). The van der Waals surface area contributed by atoms with Crippen LogP contribution < -0.4 is 20.1 Å². The Labute approximate surface area is 158 Å². The highest BCUT2D eigenvalue weighted by Crippen LogP contribution is 2.38. The summed E-state index contributed by atoms with van der Waals surface area (Å²) >= 11 is 6.28. The highest BCUT2D eigenvalue weighted by Gasteiger charge is 2.16. The van der Waals surface area contributed by atoms with Crippen molar-refractivity contribution in [2.24, 2.45) is 4.99 Å². The van der Waals surface area contributed by atoms with E-state index in [9.17, 15) is 0 Å². The molecule has 138 valence electrons. The SMILES string of the molecule is CN=C(NCCc1cc(Cl)c2c(c1)OCCO2)NCCc1ccccn1. The molecule has 0 saturated heterocycles. The van der Waals surface area contributed by atoms with Crippen molar-refractivity contribution in [1.29, 1.82) is 0 Å². The van der Waals surface area contributed by atoms with E-state index in [1.54, 1.807) is 13.2 Å². The van der Waals surface area contributed by atoms with Crippen LogP contribution in [-0.4, -0.2) is 44.3 Å². The predicted octanol–water partition coefficient (Wildman–Crippen LogP) is 2.46. The molecule has 0 radical (unpaired) electrons. The molecule has 0 fully saturated rings. The van der Waals surface area contributed by atoms with E-state index in [4.69, 9.17) is 21.1 Å². The van der Waals surface area contributed by atoms with Crippen LogP contribution in [0.5, 0.6) is 11.5 Å². The summed E-state index contributed by atoms with van der Waals surface area (Å²) in [6.07, 6.45) is 3.46. The molecule has 7 heteroatoms. The second-order valence-corrected chi connectivity index (χ2v) is 6.26. The maximum Gasteiger partial charge on any atom is 0.190 e. The minimum Gasteiger partial charge on any atom is -0.486 e. The third kappa shape index (κ3) is 5.02. The van der Waals surface area contributed by atoms with Crippen LogP contribution in [0.25, 0.3) is 0 Å². The van der Waals surface area contributed by atoms with Gasteiger partial charge in [0.05, 0.1) is 5.02 Å². The largest absolute Gasteiger partial charge is 0.486 e. The number of rotatable bonds is 6. The van der Waals surface area contributed by atoms with Gasteiger partial charge in [-0.15, -0.1) is 0 Å². The summed E-state index contributed by atoms with van der Waals surface area (Å²) in [7, 11) is 1.76. The fourth-order valence-electron chi connectivity index (χ4n) is 2.71. The lowest BCUT2D eigenvalue weighted by Crippen LogP contribution is -2.39. The summed E-state index contributed by atoms with van der Waals surface area (Å²) in [6, 6.07) is 9.84. The smallest absolute Gasteiger partial charge is 0.190 e. The molecule has 0 bridgehead atoms. The van der Waals surface area contributed by atoms with Crippen molar-refractivity contribution in [2.45, 2.75) is 12.8 Å². The highest BCUT2D eigenvalue weighted by molar-refractivity contribution is 6.32. The van der Waals surface area contributed by atoms with Crippen LogP contribution in [0.1, 0.15) is 11.3 Å². The molecule has 1 aliphatic heterocycles. The number of nitrogens with one attached hydrogen (secondary N) is 2. The minimum absolute atomic E-state index is 0.536. The number of aromatic nitrogens is 1. The summed E-state index contributed by atoms with van der Waals surface area (Å²) in [5.41, 5.74) is 2.15. The van der Waals surface area contributed by atoms with Crippen molar-refractivity contribution in [1.82, 2.24) is 15.6 Å². The quantitative estimate of drug-likeness (QED) is 0.600. The van der Waals surface area contributed by atoms with Gasteiger partial charge in [-0.3, -0.25) is 9.98 Å². The van der Waals surface area contributed by atoms with E-state index in [0.29, 0.717) is 24.0 Å². The molecule has 0 saturated carbocycles. The first-order valence-electron chi connectivity index (χ1n) is 8.68. The molecule has 2 heterocycles. The fourth-order valence-corrected chi connectivity index (χ4v) is 3.00. The first kappa shape index (κ1) is 18.3. The van der Waals surface area contributed by atoms with Crippen LogP contribution >= 0.6 is 11.6 Å². The summed E-state index contributed by atoms with van der Waals surface area (Å²) in [5.74, 6) is 2.13. The summed E-state index contributed by atoms with van der Waals surface area (Å²) in [6.45, 7) is 2.59. The number of aliphatic imine (C=N–C) groups is 1. The van der Waals surface area contributed by atoms with Gasteiger partial charge in [-0.1, -0.05) is 17.7 Å². The van der Waals surface area contributed by atoms with Gasteiger partial charge >= 0.3 is 0 Å². The number of guanidine groups is 1. The Morgan fingerprint density at radius 1 is 1.15 bits per heavy atom. The zero-order chi connectivity index (χ0) is 18.2.